The zero-order valence-corrected chi connectivity index (χ0v) is 8.10. The van der Waals surface area contributed by atoms with E-state index in [1.807, 2.05) is 0 Å². The third kappa shape index (κ3) is 2.85. The van der Waals surface area contributed by atoms with E-state index >= 15 is 0 Å². The number of ether oxygens (including phenoxy) is 1. The minimum absolute atomic E-state index is 0.128. The van der Waals surface area contributed by atoms with E-state index in [-0.39, 0.29) is 11.3 Å². The molecule has 0 aromatic heterocycles. The molecule has 0 heterocycles. The first-order valence-corrected chi connectivity index (χ1v) is 4.12. The molecule has 4 N–H and O–H groups in total. The van der Waals surface area contributed by atoms with Crippen LogP contribution < -0.4 is 5.73 Å². The van der Waals surface area contributed by atoms with Gasteiger partial charge in [0.1, 0.15) is 6.02 Å². The summed E-state index contributed by atoms with van der Waals surface area (Å²) in [6, 6.07) is 1.25. The van der Waals surface area contributed by atoms with Gasteiger partial charge in [0.15, 0.2) is 11.5 Å². The second-order valence-electron chi connectivity index (χ2n) is 2.84. The Bertz CT molecular complexity index is 436. The van der Waals surface area contributed by atoms with E-state index in [4.69, 9.17) is 13.6 Å². The van der Waals surface area contributed by atoms with Crippen LogP contribution in [0, 0.1) is 0 Å². The molecule has 1 aromatic carbocycles. The van der Waals surface area contributed by atoms with Crippen LogP contribution in [-0.4, -0.2) is 29.3 Å². The van der Waals surface area contributed by atoms with Crippen molar-refractivity contribution in [1.29, 1.82) is 0 Å². The van der Waals surface area contributed by atoms with Crippen LogP contribution in [-0.2, 0) is 15.9 Å². The van der Waals surface area contributed by atoms with Gasteiger partial charge in [0.2, 0.25) is 0 Å². The molecule has 1 aromatic rings. The first-order valence-electron chi connectivity index (χ1n) is 5.20. The minimum atomic E-state index is -2.28. The number of nitrogens with two attached hydrogens (primary N) is 1. The average Bonchev–Trinajstić information content (AvgIpc) is 2.30. The second-order valence-corrected chi connectivity index (χ2v) is 2.84. The normalized spacial score (nSPS) is 18.3. The first-order chi connectivity index (χ1) is 7.80. The summed E-state index contributed by atoms with van der Waals surface area (Å²) >= 11 is 0. The molecule has 1 rings (SSSR count). The van der Waals surface area contributed by atoms with Crippen LogP contribution in [0.3, 0.4) is 0 Å². The van der Waals surface area contributed by atoms with Crippen molar-refractivity contribution in [2.45, 2.75) is 12.4 Å². The summed E-state index contributed by atoms with van der Waals surface area (Å²) in [6.07, 6.45) is -1.44. The van der Waals surface area contributed by atoms with Gasteiger partial charge in [0.05, 0.1) is 8.48 Å². The van der Waals surface area contributed by atoms with Gasteiger partial charge in [-0.3, -0.25) is 4.79 Å². The summed E-state index contributed by atoms with van der Waals surface area (Å²) in [5.41, 5.74) is 5.52. The van der Waals surface area contributed by atoms with Gasteiger partial charge < -0.3 is 20.7 Å². The molecule has 0 bridgehead atoms. The molecule has 0 amide bonds. The number of hydrogen-bond donors (Lipinski definition) is 3. The zero-order chi connectivity index (χ0) is 13.2. The van der Waals surface area contributed by atoms with Gasteiger partial charge in [-0.05, 0) is 24.1 Å². The van der Waals surface area contributed by atoms with Gasteiger partial charge in [-0.2, -0.15) is 0 Å². The molecule has 0 radical (unpaired) electrons. The number of phenolic OH excluding ortho intramolecular Hbond substituents is 2. The lowest BCUT2D eigenvalue weighted by atomic mass is 10.1. The molecular weight excluding hydrogens is 198 g/mol. The smallest absolute Gasteiger partial charge is 0.322 e. The summed E-state index contributed by atoms with van der Waals surface area (Å²) in [6.45, 7) is 0. The highest BCUT2D eigenvalue weighted by molar-refractivity contribution is 5.75. The fraction of sp³-hybridized carbons (Fsp3) is 0.300. The number of carbonyl (C=O) groups is 1. The standard InChI is InChI=1S/C10H13NO4/c1-15-10(14)7(11)4-6-2-3-8(12)9(13)5-6/h2-3,5,7,12-13H,4,11H2,1H3/t7-/m0/s1/i4D,7D/t4-,7+/m1. The highest BCUT2D eigenvalue weighted by Gasteiger charge is 2.14. The van der Waals surface area contributed by atoms with E-state index < -0.39 is 24.1 Å². The van der Waals surface area contributed by atoms with Crippen LogP contribution in [0.25, 0.3) is 0 Å². The Kier molecular flexibility index (Phi) is 2.65. The SMILES string of the molecule is [2H][C@H](c1ccc(O)c(O)c1)[C@]([2H])(N)C(=O)OC. The highest BCUT2D eigenvalue weighted by Crippen LogP contribution is 2.25. The predicted octanol–water partition coefficient (Wildman–Crippen LogP) is 0.141. The molecule has 0 saturated heterocycles. The van der Waals surface area contributed by atoms with Crippen molar-refractivity contribution in [2.24, 2.45) is 5.73 Å². The van der Waals surface area contributed by atoms with Crippen molar-refractivity contribution in [1.82, 2.24) is 0 Å². The number of benzene rings is 1. The van der Waals surface area contributed by atoms with Crippen LogP contribution in [0.4, 0.5) is 0 Å². The van der Waals surface area contributed by atoms with Crippen LogP contribution in [0.2, 0.25) is 0 Å². The van der Waals surface area contributed by atoms with Crippen LogP contribution in [0.15, 0.2) is 18.2 Å². The molecule has 15 heavy (non-hydrogen) atoms. The number of phenols is 2. The fourth-order valence-corrected chi connectivity index (χ4v) is 0.987. The second kappa shape index (κ2) is 4.65. The predicted molar refractivity (Wildman–Crippen MR) is 53.5 cm³/mol. The summed E-state index contributed by atoms with van der Waals surface area (Å²) in [4.78, 5) is 11.2. The minimum Gasteiger partial charge on any atom is -0.504 e. The lowest BCUT2D eigenvalue weighted by Crippen LogP contribution is -2.33. The largest absolute Gasteiger partial charge is 0.504 e. The van der Waals surface area contributed by atoms with Gasteiger partial charge in [-0.1, -0.05) is 6.07 Å². The van der Waals surface area contributed by atoms with Crippen molar-refractivity contribution < 1.29 is 22.5 Å². The Morgan fingerprint density at radius 3 is 2.87 bits per heavy atom. The van der Waals surface area contributed by atoms with Crippen molar-refractivity contribution in [3.8, 4) is 11.5 Å². The molecular formula is C10H13NO4. The molecule has 5 nitrogen and oxygen atoms in total. The summed E-state index contributed by atoms with van der Waals surface area (Å²) in [7, 11) is 1.07. The lowest BCUT2D eigenvalue weighted by molar-refractivity contribution is -0.142. The van der Waals surface area contributed by atoms with Crippen LogP contribution in [0.5, 0.6) is 11.5 Å². The fourth-order valence-electron chi connectivity index (χ4n) is 0.987. The molecule has 0 aliphatic heterocycles. The maximum absolute atomic E-state index is 11.2. The summed E-state index contributed by atoms with van der Waals surface area (Å²) in [5.74, 6) is -1.85. The molecule has 2 atom stereocenters. The van der Waals surface area contributed by atoms with Crippen LogP contribution >= 0.6 is 0 Å². The van der Waals surface area contributed by atoms with Crippen molar-refractivity contribution in [3.05, 3.63) is 23.8 Å². The van der Waals surface area contributed by atoms with Crippen LogP contribution in [0.1, 0.15) is 8.30 Å². The van der Waals surface area contributed by atoms with E-state index in [0.717, 1.165) is 19.2 Å². The first kappa shape index (κ1) is 8.55. The maximum atomic E-state index is 11.2. The molecule has 0 saturated carbocycles. The third-order valence-electron chi connectivity index (χ3n) is 1.74. The Morgan fingerprint density at radius 2 is 2.33 bits per heavy atom. The van der Waals surface area contributed by atoms with Gasteiger partial charge in [0.25, 0.3) is 0 Å². The molecule has 0 aliphatic rings. The Hall–Kier alpha value is -1.75. The maximum Gasteiger partial charge on any atom is 0.322 e. The van der Waals surface area contributed by atoms with E-state index in [2.05, 4.69) is 4.74 Å². The summed E-state index contributed by atoms with van der Waals surface area (Å²) in [5, 5.41) is 18.4. The van der Waals surface area contributed by atoms with Gasteiger partial charge in [0, 0.05) is 1.37 Å². The Labute approximate surface area is 89.9 Å². The molecule has 0 unspecified atom stereocenters. The van der Waals surface area contributed by atoms with E-state index in [0.29, 0.717) is 0 Å². The Morgan fingerprint density at radius 1 is 1.67 bits per heavy atom. The number of rotatable bonds is 3. The number of esters is 1. The third-order valence-corrected chi connectivity index (χ3v) is 1.74. The average molecular weight is 213 g/mol. The molecule has 5 heteroatoms. The van der Waals surface area contributed by atoms with Crippen molar-refractivity contribution in [2.75, 3.05) is 7.11 Å². The van der Waals surface area contributed by atoms with E-state index in [1.165, 1.54) is 6.07 Å². The van der Waals surface area contributed by atoms with Gasteiger partial charge in [-0.25, -0.2) is 0 Å². The highest BCUT2D eigenvalue weighted by atomic mass is 16.5. The number of hydrogen-bond acceptors (Lipinski definition) is 5. The van der Waals surface area contributed by atoms with Gasteiger partial charge >= 0.3 is 5.97 Å². The molecule has 0 spiro atoms. The number of aromatic hydroxyl groups is 2. The zero-order valence-electron chi connectivity index (χ0n) is 10.1. The summed E-state index contributed by atoms with van der Waals surface area (Å²) < 4.78 is 19.6. The monoisotopic (exact) mass is 213 g/mol. The van der Waals surface area contributed by atoms with E-state index in [9.17, 15) is 9.90 Å². The van der Waals surface area contributed by atoms with Crippen molar-refractivity contribution in [3.63, 3.8) is 0 Å². The van der Waals surface area contributed by atoms with Gasteiger partial charge in [-0.15, -0.1) is 0 Å². The molecule has 0 fully saturated rings. The Balaban J connectivity index is 3.07. The number of carbonyl (C=O) groups excluding carboxylic acids is 1. The molecule has 82 valence electrons. The molecule has 0 aliphatic carbocycles. The number of methoxy groups -OCH3 is 1. The quantitative estimate of drug-likeness (QED) is 0.490. The van der Waals surface area contributed by atoms with Crippen molar-refractivity contribution >= 4 is 5.97 Å². The lowest BCUT2D eigenvalue weighted by Gasteiger charge is -2.09. The topological polar surface area (TPSA) is 92.8 Å². The van der Waals surface area contributed by atoms with E-state index in [1.54, 1.807) is 0 Å².